The van der Waals surface area contributed by atoms with Crippen molar-refractivity contribution in [3.05, 3.63) is 69.6 Å². The number of piperidine rings is 1. The van der Waals surface area contributed by atoms with E-state index in [2.05, 4.69) is 15.2 Å². The number of nitrogens with one attached hydrogen (secondary N) is 1. The maximum Gasteiger partial charge on any atom is 0.235 e. The second-order valence-corrected chi connectivity index (χ2v) is 10.7. The number of benzene rings is 2. The number of carbonyl (C=O) groups excluding carboxylic acids is 2. The summed E-state index contributed by atoms with van der Waals surface area (Å²) in [5, 5.41) is 3.23. The normalized spacial score (nSPS) is 17.2. The number of carbonyl (C=O) groups is 2. The number of likely N-dealkylation sites (tertiary alicyclic amines) is 1. The van der Waals surface area contributed by atoms with E-state index in [9.17, 15) is 14.0 Å². The molecule has 1 spiro atoms. The molecule has 1 atom stereocenters. The molecule has 198 valence electrons. The fourth-order valence-electron chi connectivity index (χ4n) is 5.39. The first-order valence-corrected chi connectivity index (χ1v) is 13.1. The molecule has 1 saturated heterocycles. The lowest BCUT2D eigenvalue weighted by molar-refractivity contribution is -0.123. The summed E-state index contributed by atoms with van der Waals surface area (Å²) >= 11 is 12.4. The molecule has 3 N–H and O–H groups in total. The number of halogens is 3. The number of fused-ring (bicyclic) bond motifs is 2. The standard InChI is InChI=1S/C28H27Cl2FN4O3/c1-15(36)14-35-9-7-28(8-10-35)19-4-3-17(11-22(19)34-27(28)37)18-12-23(26(32)33-13-18)38-16(2)24-20(29)5-6-21(31)25(24)30/h3-6,11-13,16H,7-10,14H2,1-2H3,(H2,32,33)(H,34,37)/t16-/m1/s1. The predicted octanol–water partition coefficient (Wildman–Crippen LogP) is 5.79. The van der Waals surface area contributed by atoms with Crippen LogP contribution in [0.25, 0.3) is 11.1 Å². The Morgan fingerprint density at radius 2 is 1.95 bits per heavy atom. The van der Waals surface area contributed by atoms with Crippen LogP contribution < -0.4 is 15.8 Å². The van der Waals surface area contributed by atoms with Crippen LogP contribution in [0.3, 0.4) is 0 Å². The Morgan fingerprint density at radius 3 is 2.66 bits per heavy atom. The molecule has 3 aromatic rings. The van der Waals surface area contributed by atoms with E-state index in [0.717, 1.165) is 22.4 Å². The van der Waals surface area contributed by atoms with Crippen molar-refractivity contribution < 1.29 is 18.7 Å². The van der Waals surface area contributed by atoms with E-state index < -0.39 is 17.3 Å². The third-order valence-electron chi connectivity index (χ3n) is 7.38. The van der Waals surface area contributed by atoms with Gasteiger partial charge >= 0.3 is 0 Å². The number of pyridine rings is 1. The zero-order chi connectivity index (χ0) is 27.2. The van der Waals surface area contributed by atoms with Crippen molar-refractivity contribution >= 4 is 46.4 Å². The number of rotatable bonds is 6. The highest BCUT2D eigenvalue weighted by Crippen LogP contribution is 2.46. The van der Waals surface area contributed by atoms with Crippen LogP contribution in [0.1, 0.15) is 43.9 Å². The second kappa shape index (κ2) is 10.2. The van der Waals surface area contributed by atoms with Crippen molar-refractivity contribution in [1.29, 1.82) is 0 Å². The van der Waals surface area contributed by atoms with Crippen molar-refractivity contribution in [2.24, 2.45) is 0 Å². The van der Waals surface area contributed by atoms with Gasteiger partial charge in [0.25, 0.3) is 0 Å². The number of ether oxygens (including phenoxy) is 1. The molecule has 0 unspecified atom stereocenters. The second-order valence-electron chi connectivity index (χ2n) is 9.90. The number of aromatic nitrogens is 1. The molecule has 0 saturated carbocycles. The van der Waals surface area contributed by atoms with Gasteiger partial charge in [-0.15, -0.1) is 0 Å². The van der Waals surface area contributed by atoms with E-state index in [1.165, 1.54) is 12.1 Å². The van der Waals surface area contributed by atoms with Gasteiger partial charge in [0.1, 0.15) is 17.7 Å². The topological polar surface area (TPSA) is 97.6 Å². The molecule has 10 heteroatoms. The minimum atomic E-state index is -0.696. The number of hydrogen-bond donors (Lipinski definition) is 2. The lowest BCUT2D eigenvalue weighted by Crippen LogP contribution is -2.47. The minimum Gasteiger partial charge on any atom is -0.482 e. The smallest absolute Gasteiger partial charge is 0.235 e. The molecule has 7 nitrogen and oxygen atoms in total. The Bertz CT molecular complexity index is 1440. The van der Waals surface area contributed by atoms with E-state index >= 15 is 0 Å². The number of Topliss-reactive ketones (excluding diaryl/α,β-unsaturated/α-hetero) is 1. The first-order valence-electron chi connectivity index (χ1n) is 12.3. The zero-order valence-corrected chi connectivity index (χ0v) is 22.5. The fraction of sp³-hybridized carbons (Fsp3) is 0.321. The predicted molar refractivity (Wildman–Crippen MR) is 146 cm³/mol. The summed E-state index contributed by atoms with van der Waals surface area (Å²) in [7, 11) is 0. The summed E-state index contributed by atoms with van der Waals surface area (Å²) in [6.07, 6.45) is 2.24. The van der Waals surface area contributed by atoms with Gasteiger partial charge in [0, 0.05) is 28.0 Å². The highest BCUT2D eigenvalue weighted by Gasteiger charge is 2.48. The number of ketones is 1. The van der Waals surface area contributed by atoms with Crippen LogP contribution in [0.5, 0.6) is 5.75 Å². The van der Waals surface area contributed by atoms with Gasteiger partial charge in [0.2, 0.25) is 5.91 Å². The van der Waals surface area contributed by atoms with Crippen LogP contribution in [0.4, 0.5) is 15.9 Å². The molecule has 2 aromatic carbocycles. The summed E-state index contributed by atoms with van der Waals surface area (Å²) in [4.78, 5) is 31.0. The molecule has 0 radical (unpaired) electrons. The van der Waals surface area contributed by atoms with Crippen molar-refractivity contribution in [1.82, 2.24) is 9.88 Å². The third-order valence-corrected chi connectivity index (χ3v) is 8.09. The number of hydrogen-bond acceptors (Lipinski definition) is 6. The van der Waals surface area contributed by atoms with Gasteiger partial charge in [-0.3, -0.25) is 14.5 Å². The van der Waals surface area contributed by atoms with Crippen molar-refractivity contribution in [2.75, 3.05) is 30.7 Å². The highest BCUT2D eigenvalue weighted by atomic mass is 35.5. The Labute approximate surface area is 230 Å². The average Bonchev–Trinajstić information content (AvgIpc) is 3.14. The van der Waals surface area contributed by atoms with Crippen molar-refractivity contribution in [2.45, 2.75) is 38.2 Å². The molecule has 2 aliphatic heterocycles. The van der Waals surface area contributed by atoms with Crippen LogP contribution in [-0.2, 0) is 15.0 Å². The van der Waals surface area contributed by atoms with Gasteiger partial charge in [-0.05, 0) is 75.2 Å². The van der Waals surface area contributed by atoms with Gasteiger partial charge < -0.3 is 15.8 Å². The zero-order valence-electron chi connectivity index (χ0n) is 21.0. The molecule has 5 rings (SSSR count). The molecule has 2 aliphatic rings. The van der Waals surface area contributed by atoms with Crippen LogP contribution in [0, 0.1) is 5.82 Å². The maximum atomic E-state index is 14.0. The van der Waals surface area contributed by atoms with Crippen LogP contribution in [-0.4, -0.2) is 41.2 Å². The molecule has 1 aromatic heterocycles. The molecule has 1 fully saturated rings. The number of nitrogen functional groups attached to an aromatic ring is 1. The summed E-state index contributed by atoms with van der Waals surface area (Å²) in [6, 6.07) is 10.2. The number of nitrogens with zero attached hydrogens (tertiary/aromatic N) is 2. The van der Waals surface area contributed by atoms with E-state index in [4.69, 9.17) is 33.7 Å². The average molecular weight is 557 g/mol. The first-order chi connectivity index (χ1) is 18.1. The van der Waals surface area contributed by atoms with Gasteiger partial charge in [-0.25, -0.2) is 9.37 Å². The van der Waals surface area contributed by atoms with Crippen molar-refractivity contribution in [3.8, 4) is 16.9 Å². The van der Waals surface area contributed by atoms with Gasteiger partial charge in [0.15, 0.2) is 11.6 Å². The Hall–Kier alpha value is -3.20. The van der Waals surface area contributed by atoms with E-state index in [-0.39, 0.29) is 27.6 Å². The molecule has 3 heterocycles. The molecular formula is C28H27Cl2FN4O3. The Morgan fingerprint density at radius 1 is 1.21 bits per heavy atom. The van der Waals surface area contributed by atoms with Crippen LogP contribution in [0.2, 0.25) is 10.0 Å². The molecule has 0 aliphatic carbocycles. The number of amides is 1. The number of anilines is 2. The fourth-order valence-corrected chi connectivity index (χ4v) is 6.06. The first kappa shape index (κ1) is 26.4. The van der Waals surface area contributed by atoms with E-state index in [1.54, 1.807) is 26.1 Å². The maximum absolute atomic E-state index is 14.0. The van der Waals surface area contributed by atoms with Crippen LogP contribution >= 0.6 is 23.2 Å². The molecule has 0 bridgehead atoms. The number of nitrogens with two attached hydrogens (primary N) is 1. The summed E-state index contributed by atoms with van der Waals surface area (Å²) < 4.78 is 20.1. The molecule has 38 heavy (non-hydrogen) atoms. The Kier molecular flexibility index (Phi) is 7.07. The van der Waals surface area contributed by atoms with E-state index in [1.807, 2.05) is 18.2 Å². The monoisotopic (exact) mass is 556 g/mol. The largest absolute Gasteiger partial charge is 0.482 e. The SMILES string of the molecule is CC(=O)CN1CCC2(CC1)C(=O)Nc1cc(-c3cnc(N)c(O[C@H](C)c4c(Cl)ccc(F)c4Cl)c3)ccc12. The summed E-state index contributed by atoms with van der Waals surface area (Å²) in [5.74, 6) is -0.0211. The molecule has 1 amide bonds. The Balaban J connectivity index is 1.40. The van der Waals surface area contributed by atoms with Crippen molar-refractivity contribution in [3.63, 3.8) is 0 Å². The van der Waals surface area contributed by atoms with Crippen LogP contribution in [0.15, 0.2) is 42.6 Å². The lowest BCUT2D eigenvalue weighted by Gasteiger charge is -2.37. The van der Waals surface area contributed by atoms with Gasteiger partial charge in [-0.1, -0.05) is 35.3 Å². The quantitative estimate of drug-likeness (QED) is 0.373. The minimum absolute atomic E-state index is 0.00995. The summed E-state index contributed by atoms with van der Waals surface area (Å²) in [6.45, 7) is 5.07. The van der Waals surface area contributed by atoms with Gasteiger partial charge in [-0.2, -0.15) is 0 Å². The lowest BCUT2D eigenvalue weighted by atomic mass is 9.73. The summed E-state index contributed by atoms with van der Waals surface area (Å²) in [5.41, 5.74) is 9.10. The third kappa shape index (κ3) is 4.72. The molecular weight excluding hydrogens is 530 g/mol. The van der Waals surface area contributed by atoms with E-state index in [0.29, 0.717) is 43.8 Å². The van der Waals surface area contributed by atoms with Gasteiger partial charge in [0.05, 0.1) is 17.0 Å². The highest BCUT2D eigenvalue weighted by molar-refractivity contribution is 6.36.